The van der Waals surface area contributed by atoms with Crippen LogP contribution < -0.4 is 27.7 Å². The van der Waals surface area contributed by atoms with E-state index in [1.807, 2.05) is 73.3 Å². The Morgan fingerprint density at radius 2 is 0.536 bits per heavy atom. The lowest BCUT2D eigenvalue weighted by molar-refractivity contribution is -0.660. The van der Waals surface area contributed by atoms with Crippen molar-refractivity contribution in [3.8, 4) is 169 Å². The quantitative estimate of drug-likeness (QED) is 0.101. The Kier molecular flexibility index (Phi) is 25.0. The van der Waals surface area contributed by atoms with Crippen molar-refractivity contribution in [2.75, 3.05) is 14.2 Å². The number of ether oxygens (including phenoxy) is 2. The van der Waals surface area contributed by atoms with Crippen molar-refractivity contribution in [2.45, 2.75) is 80.1 Å². The van der Waals surface area contributed by atoms with E-state index in [1.165, 1.54) is 113 Å². The van der Waals surface area contributed by atoms with Crippen LogP contribution in [0.15, 0.2) is 377 Å². The zero-order valence-corrected chi connectivity index (χ0v) is 80.9. The predicted molar refractivity (Wildman–Crippen MR) is 558 cm³/mol. The molecule has 0 fully saturated rings. The highest BCUT2D eigenvalue weighted by Gasteiger charge is 2.39. The van der Waals surface area contributed by atoms with Crippen LogP contribution in [0.2, 0.25) is 0 Å². The van der Waals surface area contributed by atoms with Crippen molar-refractivity contribution >= 4 is 21.5 Å². The molecular formula is C126H110F2N8O2+4. The smallest absolute Gasteiger partial charge is 0.239 e. The number of fused-ring (bicyclic) bond motifs is 8. The van der Waals surface area contributed by atoms with Crippen molar-refractivity contribution in [2.24, 2.45) is 28.2 Å². The van der Waals surface area contributed by atoms with Gasteiger partial charge in [0.2, 0.25) is 22.8 Å². The minimum absolute atomic E-state index is 0.0516. The van der Waals surface area contributed by atoms with E-state index in [-0.39, 0.29) is 22.5 Å². The molecule has 0 bridgehead atoms. The van der Waals surface area contributed by atoms with E-state index in [2.05, 4.69) is 377 Å². The molecule has 0 unspecified atom stereocenters. The van der Waals surface area contributed by atoms with E-state index in [1.54, 1.807) is 32.4 Å². The van der Waals surface area contributed by atoms with E-state index in [9.17, 15) is 8.78 Å². The maximum atomic E-state index is 13.8. The van der Waals surface area contributed by atoms with Crippen molar-refractivity contribution < 1.29 is 36.5 Å². The van der Waals surface area contributed by atoms with Gasteiger partial charge in [-0.25, -0.2) is 28.7 Å². The number of hydrogen-bond acceptors (Lipinski definition) is 6. The first-order valence-electron chi connectivity index (χ1n) is 46.9. The fourth-order valence-corrected chi connectivity index (χ4v) is 20.0. The van der Waals surface area contributed by atoms with Crippen LogP contribution in [0.25, 0.3) is 179 Å². The monoisotopic (exact) mass is 1800 g/mol. The summed E-state index contributed by atoms with van der Waals surface area (Å²) in [7, 11) is 11.7. The third kappa shape index (κ3) is 17.9. The van der Waals surface area contributed by atoms with Gasteiger partial charge in [-0.15, -0.1) is 0 Å². The number of halogens is 2. The molecule has 676 valence electrons. The Morgan fingerprint density at radius 3 is 0.964 bits per heavy atom. The van der Waals surface area contributed by atoms with Gasteiger partial charge in [-0.1, -0.05) is 269 Å². The Labute approximate surface area is 807 Å². The number of hydrogen-bond donors (Lipinski definition) is 0. The number of methoxy groups -OCH3 is 2. The summed E-state index contributed by atoms with van der Waals surface area (Å²) < 4.78 is 46.8. The van der Waals surface area contributed by atoms with Crippen LogP contribution >= 0.6 is 0 Å². The topological polar surface area (TPSA) is 85.5 Å². The van der Waals surface area contributed by atoms with E-state index in [4.69, 9.17) is 29.4 Å². The van der Waals surface area contributed by atoms with Gasteiger partial charge >= 0.3 is 0 Å². The highest BCUT2D eigenvalue weighted by Crippen LogP contribution is 2.53. The predicted octanol–water partition coefficient (Wildman–Crippen LogP) is 28.7. The zero-order chi connectivity index (χ0) is 96.0. The number of nitrogens with zero attached hydrogens (tertiary/aromatic N) is 8. The molecule has 16 aromatic carbocycles. The second-order valence-electron chi connectivity index (χ2n) is 37.5. The molecule has 22 rings (SSSR count). The summed E-state index contributed by atoms with van der Waals surface area (Å²) in [5, 5.41) is 4.67. The first-order chi connectivity index (χ1) is 66.7. The first kappa shape index (κ1) is 91.0. The second-order valence-corrected chi connectivity index (χ2v) is 37.5. The molecule has 4 aromatic heterocycles. The van der Waals surface area contributed by atoms with Crippen molar-refractivity contribution in [1.29, 1.82) is 0 Å². The molecule has 4 heterocycles. The summed E-state index contributed by atoms with van der Waals surface area (Å²) in [4.78, 5) is 20.9. The number of aromatic nitrogens is 8. The van der Waals surface area contributed by atoms with Crippen LogP contribution in [0.5, 0.6) is 11.5 Å². The molecule has 0 aliphatic heterocycles. The summed E-state index contributed by atoms with van der Waals surface area (Å²) in [6.45, 7) is 22.0. The number of aryl methyl sites for hydroxylation is 10. The molecule has 0 spiro atoms. The average Bonchev–Trinajstić information content (AvgIpc) is 1.60. The SMILES string of the molecule is COc1ccc(-c2c[n+](C)c(-c3ccc(OC)cc3C)c(-c3ccc4ccccc4c3)n2)cc1.Cc1cc(F)ccc1-c1c(-c2ccc3ccccc3c2)nc(-c2ccc(F)cc2)c[n+]1C.Cc1ccc(-c2c[n+](C)c(-c3ccc(C)cc3C)c(-c3ccc4c(c3)C(C)(C)c3ccccc3-4)n2)cc1.Cc1ccccc1-c1c(-c2ccc3c(c2)C(C)(C)c2ccccc2-3)nc(-c2ccccc2)c[n+]1C. The Bertz CT molecular complexity index is 8110. The zero-order valence-electron chi connectivity index (χ0n) is 80.9. The van der Waals surface area contributed by atoms with Gasteiger partial charge in [0.15, 0.2) is 24.8 Å². The fraction of sp³-hybridized carbons (Fsp3) is 0.143. The van der Waals surface area contributed by atoms with Gasteiger partial charge in [0.25, 0.3) is 0 Å². The minimum Gasteiger partial charge on any atom is -0.497 e. The molecule has 10 nitrogen and oxygen atoms in total. The fourth-order valence-electron chi connectivity index (χ4n) is 20.0. The van der Waals surface area contributed by atoms with Gasteiger partial charge in [-0.2, -0.15) is 18.3 Å². The maximum Gasteiger partial charge on any atom is 0.239 e. The highest BCUT2D eigenvalue weighted by molar-refractivity contribution is 5.93. The van der Waals surface area contributed by atoms with Crippen LogP contribution in [-0.4, -0.2) is 34.2 Å². The third-order valence-corrected chi connectivity index (χ3v) is 27.4. The lowest BCUT2D eigenvalue weighted by atomic mass is 9.81. The Hall–Kier alpha value is -16.2. The summed E-state index contributed by atoms with van der Waals surface area (Å²) in [5.74, 6) is 1.12. The molecule has 0 radical (unpaired) electrons. The summed E-state index contributed by atoms with van der Waals surface area (Å²) >= 11 is 0. The van der Waals surface area contributed by atoms with Gasteiger partial charge in [-0.3, -0.25) is 0 Å². The molecule has 0 saturated heterocycles. The van der Waals surface area contributed by atoms with Gasteiger partial charge in [0, 0.05) is 55.3 Å². The summed E-state index contributed by atoms with van der Waals surface area (Å²) in [6.07, 6.45) is 8.32. The van der Waals surface area contributed by atoms with Crippen LogP contribution in [0, 0.1) is 53.2 Å². The molecule has 0 saturated carbocycles. The van der Waals surface area contributed by atoms with Crippen molar-refractivity contribution in [3.05, 3.63) is 444 Å². The van der Waals surface area contributed by atoms with Gasteiger partial charge in [-0.05, 0) is 251 Å². The third-order valence-electron chi connectivity index (χ3n) is 27.4. The van der Waals surface area contributed by atoms with Gasteiger partial charge in [0.05, 0.1) is 36.5 Å². The summed E-state index contributed by atoms with van der Waals surface area (Å²) in [6, 6.07) is 121. The van der Waals surface area contributed by atoms with Gasteiger partial charge in [0.1, 0.15) is 96.9 Å². The van der Waals surface area contributed by atoms with Crippen LogP contribution in [0.1, 0.15) is 83.3 Å². The molecule has 0 atom stereocenters. The molecule has 12 heteroatoms. The molecule has 138 heavy (non-hydrogen) atoms. The van der Waals surface area contributed by atoms with Crippen LogP contribution in [0.3, 0.4) is 0 Å². The second kappa shape index (κ2) is 37.9. The maximum absolute atomic E-state index is 13.8. The van der Waals surface area contributed by atoms with E-state index in [0.717, 1.165) is 157 Å². The summed E-state index contributed by atoms with van der Waals surface area (Å²) in [5.41, 5.74) is 42.2. The molecule has 20 aromatic rings. The average molecular weight is 1810 g/mol. The molecule has 0 amide bonds. The number of rotatable bonds is 14. The largest absolute Gasteiger partial charge is 0.497 e. The first-order valence-corrected chi connectivity index (χ1v) is 46.9. The lowest BCUT2D eigenvalue weighted by Crippen LogP contribution is -2.32. The van der Waals surface area contributed by atoms with Crippen LogP contribution in [-0.2, 0) is 39.0 Å². The highest BCUT2D eigenvalue weighted by atomic mass is 19.1. The normalized spacial score (nSPS) is 12.2. The number of benzene rings is 16. The van der Waals surface area contributed by atoms with Crippen molar-refractivity contribution in [1.82, 2.24) is 19.9 Å². The minimum atomic E-state index is -0.286. The standard InChI is InChI=1S/C35H33N2.C33H29N2.C30H27N2O2.C28H21F2N2/c1-22-11-14-25(15-12-22)32-21-37(6)34(27-17-13-23(2)19-24(27)3)33(36-32)26-16-18-29-28-9-7-8-10-30(28)35(4,5)31(29)20-26;1-22-12-8-9-15-25(22)32-31(34-30(21-35(32)4)23-13-6-5-7-14-23)24-18-19-27-26-16-10-11-17-28(26)33(2,3)29(27)20-24;1-20-17-26(34-4)15-16-27(20)30-29(24-10-9-21-7-5-6-8-23(21)18-24)31-28(19-32(30)2)22-11-13-25(33-3)14-12-22;1-18-15-24(30)13-14-25(18)28-27(22-8-7-19-5-3-4-6-21(19)16-22)31-26(17-32(28)2)20-9-11-23(29)12-10-20/h7-21H,1-6H3;5-21H,1-4H3;5-19H,1-4H3;3-17H,1-2H3/q4*+1. The Balaban J connectivity index is 0.000000118. The van der Waals surface area contributed by atoms with Gasteiger partial charge < -0.3 is 9.47 Å². The molecule has 2 aliphatic rings. The Morgan fingerprint density at radius 1 is 0.232 bits per heavy atom. The van der Waals surface area contributed by atoms with E-state index >= 15 is 0 Å². The van der Waals surface area contributed by atoms with E-state index < -0.39 is 0 Å². The molecular weight excluding hydrogens is 1700 g/mol. The molecule has 2 aliphatic carbocycles. The van der Waals surface area contributed by atoms with Crippen LogP contribution in [0.4, 0.5) is 8.78 Å². The van der Waals surface area contributed by atoms with E-state index in [0.29, 0.717) is 0 Å². The molecule has 0 N–H and O–H groups in total. The van der Waals surface area contributed by atoms with Crippen molar-refractivity contribution in [3.63, 3.8) is 0 Å². The lowest BCUT2D eigenvalue weighted by Gasteiger charge is -2.22.